The van der Waals surface area contributed by atoms with Crippen LogP contribution in [0.4, 0.5) is 0 Å². The maximum Gasteiger partial charge on any atom is 0.138 e. The van der Waals surface area contributed by atoms with Gasteiger partial charge in [-0.2, -0.15) is 0 Å². The minimum Gasteiger partial charge on any atom is -0.341 e. The van der Waals surface area contributed by atoms with Gasteiger partial charge in [-0.15, -0.1) is 0 Å². The fourth-order valence-corrected chi connectivity index (χ4v) is 4.98. The van der Waals surface area contributed by atoms with Crippen molar-refractivity contribution < 1.29 is 0 Å². The van der Waals surface area contributed by atoms with Crippen LogP contribution in [-0.4, -0.2) is 52.0 Å². The lowest BCUT2D eigenvalue weighted by molar-refractivity contribution is 0.0892. The number of nitrogens with one attached hydrogen (secondary N) is 1. The first kappa shape index (κ1) is 17.9. The third kappa shape index (κ3) is 3.71. The maximum absolute atomic E-state index is 4.70. The summed E-state index contributed by atoms with van der Waals surface area (Å²) in [4.78, 5) is 13.6. The molecule has 0 radical (unpaired) electrons. The zero-order chi connectivity index (χ0) is 18.8. The van der Waals surface area contributed by atoms with Gasteiger partial charge in [0.1, 0.15) is 5.82 Å². The van der Waals surface area contributed by atoms with Gasteiger partial charge in [-0.25, -0.2) is 4.98 Å². The molecule has 0 atom stereocenters. The molecule has 1 N–H and O–H groups in total. The third-order valence-electron chi connectivity index (χ3n) is 6.53. The maximum atomic E-state index is 4.70. The number of imidazole rings is 1. The van der Waals surface area contributed by atoms with E-state index in [0.717, 1.165) is 18.4 Å². The molecule has 0 aliphatic carbocycles. The zero-order valence-corrected chi connectivity index (χ0v) is 16.6. The fraction of sp³-hybridized carbons (Fsp3) is 0.458. The van der Waals surface area contributed by atoms with Gasteiger partial charge in [0.15, 0.2) is 0 Å². The van der Waals surface area contributed by atoms with E-state index in [4.69, 9.17) is 4.98 Å². The minimum absolute atomic E-state index is 0.810. The molecule has 0 saturated carbocycles. The van der Waals surface area contributed by atoms with Crippen molar-refractivity contribution in [2.75, 3.05) is 26.2 Å². The number of likely N-dealkylation sites (tertiary alicyclic amines) is 2. The molecule has 1 aromatic heterocycles. The number of aromatic amines is 1. The van der Waals surface area contributed by atoms with E-state index in [-0.39, 0.29) is 0 Å². The van der Waals surface area contributed by atoms with Crippen molar-refractivity contribution in [2.45, 2.75) is 44.7 Å². The van der Waals surface area contributed by atoms with Crippen molar-refractivity contribution in [3.8, 4) is 11.4 Å². The Morgan fingerprint density at radius 3 is 2.54 bits per heavy atom. The molecule has 5 rings (SSSR count). The Bertz CT molecular complexity index is 912. The molecule has 2 fully saturated rings. The van der Waals surface area contributed by atoms with Crippen LogP contribution in [-0.2, 0) is 6.54 Å². The van der Waals surface area contributed by atoms with Crippen molar-refractivity contribution in [3.05, 3.63) is 54.4 Å². The number of nitrogens with zero attached hydrogens (tertiary/aromatic N) is 3. The van der Waals surface area contributed by atoms with Crippen LogP contribution in [0.25, 0.3) is 22.2 Å². The van der Waals surface area contributed by atoms with Crippen LogP contribution in [0.3, 0.4) is 0 Å². The molecule has 0 amide bonds. The lowest BCUT2D eigenvalue weighted by Gasteiger charge is -2.40. The zero-order valence-electron chi connectivity index (χ0n) is 16.6. The first-order valence-corrected chi connectivity index (χ1v) is 10.9. The summed E-state index contributed by atoms with van der Waals surface area (Å²) >= 11 is 0. The Morgan fingerprint density at radius 2 is 1.68 bits per heavy atom. The lowest BCUT2D eigenvalue weighted by Crippen LogP contribution is -2.46. The molecule has 3 aromatic rings. The largest absolute Gasteiger partial charge is 0.341 e. The van der Waals surface area contributed by atoms with Crippen molar-refractivity contribution in [1.29, 1.82) is 0 Å². The Labute approximate surface area is 167 Å². The Kier molecular flexibility index (Phi) is 5.15. The van der Waals surface area contributed by atoms with Gasteiger partial charge < -0.3 is 9.88 Å². The molecule has 146 valence electrons. The van der Waals surface area contributed by atoms with Crippen LogP contribution in [0.1, 0.15) is 37.8 Å². The van der Waals surface area contributed by atoms with Gasteiger partial charge >= 0.3 is 0 Å². The van der Waals surface area contributed by atoms with Crippen LogP contribution in [0.5, 0.6) is 0 Å². The van der Waals surface area contributed by atoms with Gasteiger partial charge in [-0.3, -0.25) is 4.90 Å². The minimum atomic E-state index is 0.810. The van der Waals surface area contributed by atoms with Gasteiger partial charge in [0, 0.05) is 43.1 Å². The number of H-pyrrole nitrogens is 1. The van der Waals surface area contributed by atoms with E-state index >= 15 is 0 Å². The fourth-order valence-electron chi connectivity index (χ4n) is 4.98. The van der Waals surface area contributed by atoms with Crippen LogP contribution in [0.15, 0.2) is 48.7 Å². The number of fused-ring (bicyclic) bond motifs is 1. The summed E-state index contributed by atoms with van der Waals surface area (Å²) in [6.45, 7) is 6.01. The quantitative estimate of drug-likeness (QED) is 0.720. The van der Waals surface area contributed by atoms with Crippen LogP contribution >= 0.6 is 0 Å². The summed E-state index contributed by atoms with van der Waals surface area (Å²) in [5, 5.41) is 2.52. The molecule has 4 heteroatoms. The lowest BCUT2D eigenvalue weighted by atomic mass is 10.00. The molecule has 3 heterocycles. The highest BCUT2D eigenvalue weighted by atomic mass is 15.2. The predicted octanol–water partition coefficient (Wildman–Crippen LogP) is 4.68. The highest BCUT2D eigenvalue weighted by Gasteiger charge is 2.25. The third-order valence-corrected chi connectivity index (χ3v) is 6.53. The SMILES string of the molecule is c1ccc2c(-c3ncc(CN4CCC(N5CCCCC5)CC4)[nH]3)cccc2c1. The smallest absolute Gasteiger partial charge is 0.138 e. The number of benzene rings is 2. The van der Waals surface area contributed by atoms with E-state index in [1.54, 1.807) is 0 Å². The normalized spacial score (nSPS) is 20.0. The average molecular weight is 375 g/mol. The van der Waals surface area contributed by atoms with Crippen molar-refractivity contribution in [3.63, 3.8) is 0 Å². The van der Waals surface area contributed by atoms with E-state index in [1.807, 2.05) is 6.20 Å². The Hall–Kier alpha value is -2.17. The molecule has 0 unspecified atom stereocenters. The summed E-state index contributed by atoms with van der Waals surface area (Å²) in [5.41, 5.74) is 2.41. The number of hydrogen-bond donors (Lipinski definition) is 1. The molecule has 0 spiro atoms. The summed E-state index contributed by atoms with van der Waals surface area (Å²) in [5.74, 6) is 0.981. The van der Waals surface area contributed by atoms with Crippen LogP contribution in [0, 0.1) is 0 Å². The molecule has 2 saturated heterocycles. The van der Waals surface area contributed by atoms with Gasteiger partial charge in [-0.05, 0) is 49.5 Å². The molecular formula is C24H30N4. The average Bonchev–Trinajstić information content (AvgIpc) is 3.23. The summed E-state index contributed by atoms with van der Waals surface area (Å²) < 4.78 is 0. The summed E-state index contributed by atoms with van der Waals surface area (Å²) in [6, 6.07) is 15.8. The number of aromatic nitrogens is 2. The second-order valence-electron chi connectivity index (χ2n) is 8.39. The van der Waals surface area contributed by atoms with E-state index in [0.29, 0.717) is 0 Å². The molecule has 2 aliphatic rings. The molecule has 28 heavy (non-hydrogen) atoms. The second kappa shape index (κ2) is 8.06. The summed E-state index contributed by atoms with van der Waals surface area (Å²) in [7, 11) is 0. The number of hydrogen-bond acceptors (Lipinski definition) is 3. The van der Waals surface area contributed by atoms with E-state index in [2.05, 4.69) is 57.2 Å². The van der Waals surface area contributed by atoms with E-state index < -0.39 is 0 Å². The molecule has 2 aromatic carbocycles. The van der Waals surface area contributed by atoms with Gasteiger partial charge in [0.2, 0.25) is 0 Å². The topological polar surface area (TPSA) is 35.2 Å². The van der Waals surface area contributed by atoms with Crippen LogP contribution in [0.2, 0.25) is 0 Å². The summed E-state index contributed by atoms with van der Waals surface area (Å²) in [6.07, 6.45) is 8.85. The van der Waals surface area contributed by atoms with Gasteiger partial charge in [-0.1, -0.05) is 48.9 Å². The highest BCUT2D eigenvalue weighted by molar-refractivity contribution is 5.95. The first-order valence-electron chi connectivity index (χ1n) is 10.9. The van der Waals surface area contributed by atoms with Crippen LogP contribution < -0.4 is 0 Å². The van der Waals surface area contributed by atoms with Gasteiger partial charge in [0.05, 0.1) is 0 Å². The highest BCUT2D eigenvalue weighted by Crippen LogP contribution is 2.27. The molecule has 2 aliphatic heterocycles. The monoisotopic (exact) mass is 374 g/mol. The Morgan fingerprint density at radius 1 is 0.893 bits per heavy atom. The number of rotatable bonds is 4. The Balaban J connectivity index is 1.24. The molecule has 0 bridgehead atoms. The molecule has 4 nitrogen and oxygen atoms in total. The first-order chi connectivity index (χ1) is 13.9. The van der Waals surface area contributed by atoms with Crippen molar-refractivity contribution in [2.24, 2.45) is 0 Å². The second-order valence-corrected chi connectivity index (χ2v) is 8.39. The van der Waals surface area contributed by atoms with Crippen molar-refractivity contribution in [1.82, 2.24) is 19.8 Å². The van der Waals surface area contributed by atoms with Gasteiger partial charge in [0.25, 0.3) is 0 Å². The standard InChI is InChI=1S/C24H30N4/c1-4-13-28(14-5-1)21-11-15-27(16-12-21)18-20-17-25-24(26-20)23-10-6-8-19-7-2-3-9-22(19)23/h2-3,6-10,17,21H,1,4-5,11-16,18H2,(H,25,26). The predicted molar refractivity (Wildman–Crippen MR) is 115 cm³/mol. The van der Waals surface area contributed by atoms with E-state index in [9.17, 15) is 0 Å². The molecular weight excluding hydrogens is 344 g/mol. The number of piperidine rings is 2. The van der Waals surface area contributed by atoms with E-state index in [1.165, 1.54) is 80.3 Å². The van der Waals surface area contributed by atoms with Crippen molar-refractivity contribution >= 4 is 10.8 Å².